The summed E-state index contributed by atoms with van der Waals surface area (Å²) in [7, 11) is 3.13. The van der Waals surface area contributed by atoms with Gasteiger partial charge in [-0.2, -0.15) is 5.10 Å². The van der Waals surface area contributed by atoms with Crippen LogP contribution in [0.15, 0.2) is 47.6 Å². The van der Waals surface area contributed by atoms with Crippen molar-refractivity contribution >= 4 is 12.1 Å². The number of carbonyl (C=O) groups excluding carboxylic acids is 1. The van der Waals surface area contributed by atoms with Gasteiger partial charge in [-0.15, -0.1) is 0 Å². The van der Waals surface area contributed by atoms with Gasteiger partial charge in [0, 0.05) is 11.6 Å². The van der Waals surface area contributed by atoms with Crippen molar-refractivity contribution in [3.8, 4) is 23.0 Å². The molecule has 1 amide bonds. The molecule has 138 valence electrons. The molecule has 0 saturated carbocycles. The number of hydrogen-bond acceptors (Lipinski definition) is 6. The fourth-order valence-corrected chi connectivity index (χ4v) is 2.14. The second kappa shape index (κ2) is 9.93. The Morgan fingerprint density at radius 3 is 2.58 bits per heavy atom. The molecule has 0 saturated heterocycles. The van der Waals surface area contributed by atoms with Crippen LogP contribution in [0.1, 0.15) is 12.5 Å². The molecule has 0 aliphatic carbocycles. The highest BCUT2D eigenvalue weighted by atomic mass is 16.5. The van der Waals surface area contributed by atoms with E-state index >= 15 is 0 Å². The Kier molecular flexibility index (Phi) is 7.30. The number of amides is 1. The lowest BCUT2D eigenvalue weighted by molar-refractivity contribution is -0.123. The zero-order chi connectivity index (χ0) is 18.8. The minimum Gasteiger partial charge on any atom is -0.497 e. The van der Waals surface area contributed by atoms with Gasteiger partial charge < -0.3 is 18.9 Å². The van der Waals surface area contributed by atoms with Gasteiger partial charge in [-0.25, -0.2) is 5.43 Å². The average Bonchev–Trinajstić information content (AvgIpc) is 2.67. The molecule has 0 unspecified atom stereocenters. The second-order valence-corrected chi connectivity index (χ2v) is 5.07. The van der Waals surface area contributed by atoms with Gasteiger partial charge in [0.05, 0.1) is 27.0 Å². The van der Waals surface area contributed by atoms with Crippen molar-refractivity contribution in [1.29, 1.82) is 0 Å². The third-order valence-corrected chi connectivity index (χ3v) is 3.32. The normalized spacial score (nSPS) is 10.4. The molecule has 0 radical (unpaired) electrons. The maximum absolute atomic E-state index is 11.9. The van der Waals surface area contributed by atoms with E-state index in [9.17, 15) is 4.79 Å². The quantitative estimate of drug-likeness (QED) is 0.551. The van der Waals surface area contributed by atoms with Gasteiger partial charge >= 0.3 is 0 Å². The predicted octanol–water partition coefficient (Wildman–Crippen LogP) is 2.63. The van der Waals surface area contributed by atoms with E-state index < -0.39 is 0 Å². The van der Waals surface area contributed by atoms with Crippen LogP contribution in [0.5, 0.6) is 23.0 Å². The smallest absolute Gasteiger partial charge is 0.277 e. The molecule has 2 aromatic carbocycles. The highest BCUT2D eigenvalue weighted by molar-refractivity contribution is 5.86. The maximum atomic E-state index is 11.9. The molecule has 2 aromatic rings. The molecular weight excluding hydrogens is 336 g/mol. The Bertz CT molecular complexity index is 761. The number of nitrogens with one attached hydrogen (secondary N) is 1. The highest BCUT2D eigenvalue weighted by Crippen LogP contribution is 2.29. The number of nitrogens with zero attached hydrogens (tertiary/aromatic N) is 1. The van der Waals surface area contributed by atoms with Gasteiger partial charge in [-0.1, -0.05) is 12.1 Å². The van der Waals surface area contributed by atoms with Gasteiger partial charge in [0.2, 0.25) is 0 Å². The van der Waals surface area contributed by atoms with Crippen LogP contribution in [0.25, 0.3) is 0 Å². The van der Waals surface area contributed by atoms with Crippen molar-refractivity contribution in [2.24, 2.45) is 5.10 Å². The number of para-hydroxylation sites is 1. The van der Waals surface area contributed by atoms with Crippen LogP contribution < -0.4 is 24.4 Å². The summed E-state index contributed by atoms with van der Waals surface area (Å²) in [6, 6.07) is 12.4. The molecule has 26 heavy (non-hydrogen) atoms. The average molecular weight is 358 g/mol. The molecule has 7 nitrogen and oxygen atoms in total. The van der Waals surface area contributed by atoms with Gasteiger partial charge in [0.25, 0.3) is 5.91 Å². The fourth-order valence-electron chi connectivity index (χ4n) is 2.14. The number of methoxy groups -OCH3 is 2. The first-order valence-corrected chi connectivity index (χ1v) is 8.06. The van der Waals surface area contributed by atoms with Crippen molar-refractivity contribution in [1.82, 2.24) is 5.43 Å². The van der Waals surface area contributed by atoms with Gasteiger partial charge in [0.15, 0.2) is 18.1 Å². The number of hydrazone groups is 1. The van der Waals surface area contributed by atoms with Gasteiger partial charge in [0.1, 0.15) is 11.5 Å². The maximum Gasteiger partial charge on any atom is 0.277 e. The van der Waals surface area contributed by atoms with Crippen LogP contribution in [0.4, 0.5) is 0 Å². The van der Waals surface area contributed by atoms with Crippen molar-refractivity contribution in [3.05, 3.63) is 48.0 Å². The first-order chi connectivity index (χ1) is 12.7. The monoisotopic (exact) mass is 358 g/mol. The van der Waals surface area contributed by atoms with E-state index in [4.69, 9.17) is 18.9 Å². The van der Waals surface area contributed by atoms with E-state index in [2.05, 4.69) is 10.5 Å². The first kappa shape index (κ1) is 19.1. The van der Waals surface area contributed by atoms with Crippen LogP contribution >= 0.6 is 0 Å². The summed E-state index contributed by atoms with van der Waals surface area (Å²) in [5.41, 5.74) is 3.11. The molecule has 0 spiro atoms. The fraction of sp³-hybridized carbons (Fsp3) is 0.263. The summed E-state index contributed by atoms with van der Waals surface area (Å²) in [6.07, 6.45) is 1.50. The Morgan fingerprint density at radius 1 is 1.08 bits per heavy atom. The number of rotatable bonds is 9. The summed E-state index contributed by atoms with van der Waals surface area (Å²) in [6.45, 7) is 2.20. The van der Waals surface area contributed by atoms with Gasteiger partial charge in [-0.3, -0.25) is 4.79 Å². The molecule has 0 aromatic heterocycles. The van der Waals surface area contributed by atoms with Crippen molar-refractivity contribution in [3.63, 3.8) is 0 Å². The summed E-state index contributed by atoms with van der Waals surface area (Å²) in [5.74, 6) is 1.98. The Balaban J connectivity index is 1.92. The molecule has 0 bridgehead atoms. The van der Waals surface area contributed by atoms with Crippen LogP contribution in [0, 0.1) is 0 Å². The van der Waals surface area contributed by atoms with Crippen LogP contribution in [0.3, 0.4) is 0 Å². The van der Waals surface area contributed by atoms with E-state index in [1.54, 1.807) is 44.6 Å². The molecule has 0 aliphatic rings. The summed E-state index contributed by atoms with van der Waals surface area (Å²) in [4.78, 5) is 11.9. The minimum absolute atomic E-state index is 0.166. The third kappa shape index (κ3) is 5.41. The van der Waals surface area contributed by atoms with Crippen molar-refractivity contribution < 1.29 is 23.7 Å². The molecule has 0 fully saturated rings. The molecule has 0 heterocycles. The Hall–Kier alpha value is -3.22. The lowest BCUT2D eigenvalue weighted by atomic mass is 10.2. The lowest BCUT2D eigenvalue weighted by Gasteiger charge is -2.11. The van der Waals surface area contributed by atoms with E-state index in [-0.39, 0.29) is 12.5 Å². The van der Waals surface area contributed by atoms with Crippen LogP contribution in [-0.4, -0.2) is 39.6 Å². The second-order valence-electron chi connectivity index (χ2n) is 5.07. The Morgan fingerprint density at radius 2 is 1.85 bits per heavy atom. The SMILES string of the molecule is CCOc1c(/C=N/NC(=O)COc2cccc(OC)c2)cccc1OC. The third-order valence-electron chi connectivity index (χ3n) is 3.32. The summed E-state index contributed by atoms with van der Waals surface area (Å²) < 4.78 is 21.3. The zero-order valence-electron chi connectivity index (χ0n) is 15.0. The number of carbonyl (C=O) groups is 1. The topological polar surface area (TPSA) is 78.4 Å². The largest absolute Gasteiger partial charge is 0.497 e. The van der Waals surface area contributed by atoms with E-state index in [0.29, 0.717) is 35.2 Å². The molecular formula is C19H22N2O5. The number of benzene rings is 2. The first-order valence-electron chi connectivity index (χ1n) is 8.06. The molecule has 0 aliphatic heterocycles. The lowest BCUT2D eigenvalue weighted by Crippen LogP contribution is -2.24. The van der Waals surface area contributed by atoms with Crippen molar-refractivity contribution in [2.45, 2.75) is 6.92 Å². The standard InChI is InChI=1S/C19H22N2O5/c1-4-25-19-14(7-5-10-17(19)24-3)12-20-21-18(22)13-26-16-9-6-8-15(11-16)23-2/h5-12H,4,13H2,1-3H3,(H,21,22)/b20-12+. The van der Waals surface area contributed by atoms with Crippen molar-refractivity contribution in [2.75, 3.05) is 27.4 Å². The summed E-state index contributed by atoms with van der Waals surface area (Å²) in [5, 5.41) is 3.94. The zero-order valence-corrected chi connectivity index (χ0v) is 15.0. The van der Waals surface area contributed by atoms with E-state index in [1.807, 2.05) is 19.1 Å². The number of ether oxygens (including phenoxy) is 4. The minimum atomic E-state index is -0.384. The van der Waals surface area contributed by atoms with E-state index in [1.165, 1.54) is 6.21 Å². The molecule has 1 N–H and O–H groups in total. The summed E-state index contributed by atoms with van der Waals surface area (Å²) >= 11 is 0. The predicted molar refractivity (Wildman–Crippen MR) is 98.4 cm³/mol. The Labute approximate surface area is 152 Å². The van der Waals surface area contributed by atoms with E-state index in [0.717, 1.165) is 0 Å². The van der Waals surface area contributed by atoms with Crippen LogP contribution in [0.2, 0.25) is 0 Å². The highest BCUT2D eigenvalue weighted by Gasteiger charge is 2.08. The molecule has 0 atom stereocenters. The number of hydrogen-bond donors (Lipinski definition) is 1. The van der Waals surface area contributed by atoms with Crippen LogP contribution in [-0.2, 0) is 4.79 Å². The van der Waals surface area contributed by atoms with Gasteiger partial charge in [-0.05, 0) is 31.2 Å². The molecule has 2 rings (SSSR count). The molecule has 7 heteroatoms.